The van der Waals surface area contributed by atoms with Crippen LogP contribution in [-0.2, 0) is 23.8 Å². The number of fused-ring (bicyclic) bond motifs is 2. The number of phenols is 1. The third kappa shape index (κ3) is 9.67. The van der Waals surface area contributed by atoms with Gasteiger partial charge < -0.3 is 48.5 Å². The first-order valence-corrected chi connectivity index (χ1v) is 23.0. The molecule has 9 atom stereocenters. The number of benzene rings is 3. The SMILES string of the molecule is CO[C@H]1/C=C/O[C@@]2(C)Oc3c(C)c(=O)c4c(O)c(c5oc6cc(OCCN7CCN(C)CC7)ccc6nc5c4c3C2=O)NC(=O)/C(C)=C\C=C\[C@H](C)[C@H](O)[C@@H](C)[C@@H](C)[C@@H](C)[C@H](OC(C)=O)[C@@H]1C. The minimum absolute atomic E-state index is 0.00507. The van der Waals surface area contributed by atoms with E-state index >= 15 is 0 Å². The molecule has 360 valence electrons. The van der Waals surface area contributed by atoms with Crippen molar-refractivity contribution in [2.24, 2.45) is 29.6 Å². The van der Waals surface area contributed by atoms with E-state index in [-0.39, 0.29) is 79.3 Å². The van der Waals surface area contributed by atoms with Gasteiger partial charge in [0.25, 0.3) is 11.7 Å². The smallest absolute Gasteiger partial charge is 0.312 e. The van der Waals surface area contributed by atoms with Crippen molar-refractivity contribution in [1.29, 1.82) is 0 Å². The van der Waals surface area contributed by atoms with Crippen LogP contribution in [0.15, 0.2) is 63.6 Å². The van der Waals surface area contributed by atoms with E-state index in [2.05, 4.69) is 22.2 Å². The van der Waals surface area contributed by atoms with Gasteiger partial charge in [-0.05, 0) is 56.9 Å². The van der Waals surface area contributed by atoms with E-state index in [1.165, 1.54) is 34.1 Å². The zero-order valence-corrected chi connectivity index (χ0v) is 40.3. The zero-order valence-electron chi connectivity index (χ0n) is 40.3. The molecular weight excluding hydrogens is 861 g/mol. The van der Waals surface area contributed by atoms with Crippen LogP contribution in [0.4, 0.5) is 5.69 Å². The van der Waals surface area contributed by atoms with E-state index in [0.29, 0.717) is 17.9 Å². The summed E-state index contributed by atoms with van der Waals surface area (Å²) in [4.78, 5) is 65.3. The fraction of sp³-hybridized carbons (Fsp3) is 0.510. The van der Waals surface area contributed by atoms with Crippen molar-refractivity contribution < 1.29 is 52.7 Å². The number of likely N-dealkylation sites (N-methyl/N-ethyl adjacent to an activating group) is 1. The summed E-state index contributed by atoms with van der Waals surface area (Å²) in [5.41, 5.74) is -0.242. The number of aliphatic hydroxyl groups is 1. The Hall–Kier alpha value is -5.81. The number of methoxy groups -OCH3 is 1. The van der Waals surface area contributed by atoms with Crippen LogP contribution in [0.3, 0.4) is 0 Å². The third-order valence-electron chi connectivity index (χ3n) is 14.2. The lowest BCUT2D eigenvalue weighted by Gasteiger charge is -2.39. The number of Topliss-reactive ketones (excluding diaryl/α,β-unsaturated/α-hetero) is 1. The van der Waals surface area contributed by atoms with Crippen LogP contribution < -0.4 is 20.2 Å². The lowest BCUT2D eigenvalue weighted by molar-refractivity contribution is -0.157. The third-order valence-corrected chi connectivity index (χ3v) is 14.2. The van der Waals surface area contributed by atoms with Crippen LogP contribution in [0.2, 0.25) is 0 Å². The number of rotatable bonds is 6. The monoisotopic (exact) mass is 924 g/mol. The predicted octanol–water partition coefficient (Wildman–Crippen LogP) is 6.90. The number of ether oxygens (including phenoxy) is 5. The van der Waals surface area contributed by atoms with Crippen LogP contribution in [-0.4, -0.2) is 120 Å². The van der Waals surface area contributed by atoms with Crippen molar-refractivity contribution in [3.05, 3.63) is 75.7 Å². The normalized spacial score (nSPS) is 29.9. The average Bonchev–Trinajstić information content (AvgIpc) is 3.57. The fourth-order valence-corrected chi connectivity index (χ4v) is 9.45. The molecule has 3 aliphatic rings. The predicted molar refractivity (Wildman–Crippen MR) is 254 cm³/mol. The molecule has 16 heteroatoms. The van der Waals surface area contributed by atoms with Gasteiger partial charge in [0.1, 0.15) is 40.9 Å². The van der Waals surface area contributed by atoms with Gasteiger partial charge in [0.2, 0.25) is 0 Å². The second-order valence-corrected chi connectivity index (χ2v) is 18.7. The number of allylic oxidation sites excluding steroid dienone is 2. The maximum absolute atomic E-state index is 14.8. The molecule has 0 aliphatic carbocycles. The van der Waals surface area contributed by atoms with Gasteiger partial charge in [-0.3, -0.25) is 24.1 Å². The molecule has 3 aromatic carbocycles. The first kappa shape index (κ1) is 49.1. The molecule has 1 aromatic heterocycles. The molecule has 4 bridgehead atoms. The number of amides is 1. The summed E-state index contributed by atoms with van der Waals surface area (Å²) in [6, 6.07) is 5.11. The van der Waals surface area contributed by atoms with E-state index in [4.69, 9.17) is 33.1 Å². The Balaban J connectivity index is 1.38. The summed E-state index contributed by atoms with van der Waals surface area (Å²) in [5, 5.41) is 26.2. The minimum atomic E-state index is -2.01. The number of ketones is 1. The number of aliphatic hydroxyl groups excluding tert-OH is 1. The van der Waals surface area contributed by atoms with Crippen LogP contribution >= 0.6 is 0 Å². The number of anilines is 1. The van der Waals surface area contributed by atoms with Crippen molar-refractivity contribution in [1.82, 2.24) is 14.8 Å². The maximum Gasteiger partial charge on any atom is 0.312 e. The minimum Gasteiger partial charge on any atom is -0.505 e. The molecule has 7 rings (SSSR count). The van der Waals surface area contributed by atoms with Gasteiger partial charge in [-0.2, -0.15) is 0 Å². The number of nitrogens with one attached hydrogen (secondary N) is 1. The molecule has 0 saturated carbocycles. The quantitative estimate of drug-likeness (QED) is 0.0781. The summed E-state index contributed by atoms with van der Waals surface area (Å²) in [6.07, 6.45) is 5.78. The number of esters is 1. The van der Waals surface area contributed by atoms with Gasteiger partial charge in [0.15, 0.2) is 22.3 Å². The molecule has 4 aromatic rings. The zero-order chi connectivity index (χ0) is 48.6. The van der Waals surface area contributed by atoms with Gasteiger partial charge in [-0.25, -0.2) is 4.98 Å². The Labute approximate surface area is 390 Å². The first-order chi connectivity index (χ1) is 31.8. The lowest BCUT2D eigenvalue weighted by atomic mass is 9.73. The Morgan fingerprint density at radius 2 is 1.70 bits per heavy atom. The molecule has 1 amide bonds. The van der Waals surface area contributed by atoms with Gasteiger partial charge >= 0.3 is 11.8 Å². The molecule has 0 unspecified atom stereocenters. The average molecular weight is 925 g/mol. The highest BCUT2D eigenvalue weighted by Crippen LogP contribution is 2.48. The Bertz CT molecular complexity index is 2720. The van der Waals surface area contributed by atoms with E-state index in [9.17, 15) is 29.4 Å². The van der Waals surface area contributed by atoms with Gasteiger partial charge in [-0.15, -0.1) is 0 Å². The summed E-state index contributed by atoms with van der Waals surface area (Å²) in [5.74, 6) is -5.41. The summed E-state index contributed by atoms with van der Waals surface area (Å²) < 4.78 is 36.9. The number of phenolic OH excluding ortho intramolecular Hbond substituents is 1. The van der Waals surface area contributed by atoms with Gasteiger partial charge in [0.05, 0.1) is 29.4 Å². The van der Waals surface area contributed by atoms with Crippen molar-refractivity contribution in [3.8, 4) is 17.2 Å². The first-order valence-electron chi connectivity index (χ1n) is 23.0. The van der Waals surface area contributed by atoms with E-state index in [1.54, 1.807) is 49.4 Å². The van der Waals surface area contributed by atoms with Crippen molar-refractivity contribution in [2.75, 3.05) is 58.8 Å². The second kappa shape index (κ2) is 19.8. The largest absolute Gasteiger partial charge is 0.505 e. The molecule has 67 heavy (non-hydrogen) atoms. The van der Waals surface area contributed by atoms with E-state index in [1.807, 2.05) is 34.6 Å². The van der Waals surface area contributed by atoms with Crippen molar-refractivity contribution in [2.45, 2.75) is 86.4 Å². The topological polar surface area (TPSA) is 199 Å². The summed E-state index contributed by atoms with van der Waals surface area (Å²) in [6.45, 7) is 20.5. The van der Waals surface area contributed by atoms with Crippen LogP contribution in [0.5, 0.6) is 17.2 Å². The molecule has 0 radical (unpaired) electrons. The van der Waals surface area contributed by atoms with Crippen LogP contribution in [0.1, 0.15) is 71.3 Å². The molecule has 1 fully saturated rings. The number of piperazine rings is 1. The number of aromatic nitrogens is 1. The van der Waals surface area contributed by atoms with Crippen molar-refractivity contribution >= 4 is 56.3 Å². The number of carbonyl (C=O) groups is 3. The number of hydrogen-bond donors (Lipinski definition) is 3. The highest BCUT2D eigenvalue weighted by atomic mass is 16.7. The number of hydrogen-bond acceptors (Lipinski definition) is 15. The summed E-state index contributed by atoms with van der Waals surface area (Å²) in [7, 11) is 3.61. The van der Waals surface area contributed by atoms with Crippen LogP contribution in [0, 0.1) is 36.5 Å². The molecule has 4 heterocycles. The number of aromatic hydroxyl groups is 1. The molecule has 3 aliphatic heterocycles. The molecule has 0 spiro atoms. The van der Waals surface area contributed by atoms with Crippen molar-refractivity contribution in [3.63, 3.8) is 0 Å². The van der Waals surface area contributed by atoms with Gasteiger partial charge in [0, 0.05) is 88.1 Å². The van der Waals surface area contributed by atoms with Crippen LogP contribution in [0.25, 0.3) is 33.0 Å². The lowest BCUT2D eigenvalue weighted by Crippen LogP contribution is -2.45. The molecule has 16 nitrogen and oxygen atoms in total. The maximum atomic E-state index is 14.8. The van der Waals surface area contributed by atoms with Gasteiger partial charge in [-0.1, -0.05) is 52.8 Å². The molecule has 3 N–H and O–H groups in total. The number of carbonyl (C=O) groups excluding carboxylic acids is 3. The number of nitrogens with zero attached hydrogens (tertiary/aromatic N) is 3. The standard InChI is InChI=1S/C51H64N4O12/c1-26-13-12-14-27(2)50(61)53-42-45(59)39-38(41-48(42)66-37-25-34(15-16-35(37)52-41)63-24-22-55-20-18-54(10)19-21-55)40-47(32(7)44(39)58)67-51(9,49(40)60)64-23-17-36(62-11)31(6)46(65-33(8)56)30(5)28(3)29(4)43(26)57/h12-17,23,25-26,28-31,36,43,46,57,59H,18-22,24H2,1-11H3,(H,53,61)/b13-12+,23-17+,27-14-/t26-,28+,29-,30+,31+,36-,43-,46-,51-/m0/s1. The summed E-state index contributed by atoms with van der Waals surface area (Å²) >= 11 is 0. The van der Waals surface area contributed by atoms with E-state index in [0.717, 1.165) is 32.7 Å². The Morgan fingerprint density at radius 1 is 0.985 bits per heavy atom. The fourth-order valence-electron chi connectivity index (χ4n) is 9.45. The Kier molecular flexibility index (Phi) is 14.5. The Morgan fingerprint density at radius 3 is 2.39 bits per heavy atom. The molecule has 1 saturated heterocycles. The highest BCUT2D eigenvalue weighted by molar-refractivity contribution is 6.26. The molecular formula is C51H64N4O12. The van der Waals surface area contributed by atoms with E-state index < -0.39 is 58.9 Å². The highest BCUT2D eigenvalue weighted by Gasteiger charge is 2.49. The second-order valence-electron chi connectivity index (χ2n) is 18.7.